The molecule has 0 aliphatic heterocycles. The van der Waals surface area contributed by atoms with E-state index < -0.39 is 0 Å². The van der Waals surface area contributed by atoms with Crippen molar-refractivity contribution in [1.82, 2.24) is 0 Å². The Morgan fingerprint density at radius 2 is 1.80 bits per heavy atom. The predicted octanol–water partition coefficient (Wildman–Crippen LogP) is 1.02. The van der Waals surface area contributed by atoms with Gasteiger partial charge in [0.05, 0.1) is 6.26 Å². The molecule has 0 rings (SSSR count). The van der Waals surface area contributed by atoms with Crippen molar-refractivity contribution < 1.29 is 9.90 Å². The average Bonchev–Trinajstić information content (AvgIpc) is 1.64. The molecule has 1 N–H and O–H groups in total. The molecule has 0 aromatic carbocycles. The SMILES string of the molecule is CC(C)(C)C(=O)/C=C/O.[KH]. The molecule has 0 bridgehead atoms. The van der Waals surface area contributed by atoms with Crippen LogP contribution in [-0.2, 0) is 4.79 Å². The standard InChI is InChI=1S/C7H12O2.K.H/c1-7(2,3)6(9)4-5-8;;/h4-5,8H,1-3H3;;/b5-4+;;. The van der Waals surface area contributed by atoms with E-state index in [0.717, 1.165) is 6.26 Å². The second-order valence-electron chi connectivity index (χ2n) is 2.93. The summed E-state index contributed by atoms with van der Waals surface area (Å²) >= 11 is 0. The van der Waals surface area contributed by atoms with Gasteiger partial charge in [-0.15, -0.1) is 0 Å². The molecule has 0 saturated heterocycles. The maximum atomic E-state index is 10.8. The van der Waals surface area contributed by atoms with E-state index in [1.165, 1.54) is 6.08 Å². The molecular weight excluding hydrogens is 155 g/mol. The summed E-state index contributed by atoms with van der Waals surface area (Å²) < 4.78 is 0. The van der Waals surface area contributed by atoms with E-state index in [4.69, 9.17) is 5.11 Å². The molecule has 0 spiro atoms. The van der Waals surface area contributed by atoms with Crippen molar-refractivity contribution in [3.05, 3.63) is 12.3 Å². The zero-order valence-electron chi connectivity index (χ0n) is 6.01. The number of ketones is 1. The van der Waals surface area contributed by atoms with Crippen LogP contribution in [0.4, 0.5) is 0 Å². The van der Waals surface area contributed by atoms with Crippen LogP contribution < -0.4 is 0 Å². The van der Waals surface area contributed by atoms with E-state index in [0.29, 0.717) is 0 Å². The van der Waals surface area contributed by atoms with Crippen LogP contribution in [0.5, 0.6) is 0 Å². The molecule has 0 aromatic rings. The van der Waals surface area contributed by atoms with Gasteiger partial charge in [0.1, 0.15) is 0 Å². The zero-order valence-corrected chi connectivity index (χ0v) is 6.01. The Morgan fingerprint density at radius 3 is 1.90 bits per heavy atom. The van der Waals surface area contributed by atoms with Gasteiger partial charge in [0.15, 0.2) is 5.78 Å². The number of aliphatic hydroxyl groups excluding tert-OH is 1. The summed E-state index contributed by atoms with van der Waals surface area (Å²) in [6.07, 6.45) is 1.94. The van der Waals surface area contributed by atoms with Gasteiger partial charge < -0.3 is 5.11 Å². The molecule has 0 atom stereocenters. The second-order valence-corrected chi connectivity index (χ2v) is 2.93. The Labute approximate surface area is 104 Å². The monoisotopic (exact) mass is 168 g/mol. The van der Waals surface area contributed by atoms with Gasteiger partial charge in [-0.3, -0.25) is 4.79 Å². The van der Waals surface area contributed by atoms with Crippen LogP contribution in [0.15, 0.2) is 12.3 Å². The Hall–Kier alpha value is 0.846. The van der Waals surface area contributed by atoms with E-state index in [9.17, 15) is 4.79 Å². The second kappa shape index (κ2) is 5.49. The molecule has 54 valence electrons. The van der Waals surface area contributed by atoms with Crippen molar-refractivity contribution in [3.63, 3.8) is 0 Å². The number of rotatable bonds is 1. The van der Waals surface area contributed by atoms with Crippen LogP contribution in [0.1, 0.15) is 20.8 Å². The summed E-state index contributed by atoms with van der Waals surface area (Å²) in [5, 5.41) is 8.20. The minimum atomic E-state index is -0.376. The van der Waals surface area contributed by atoms with Crippen molar-refractivity contribution in [2.24, 2.45) is 5.41 Å². The predicted molar refractivity (Wildman–Crippen MR) is 43.4 cm³/mol. The van der Waals surface area contributed by atoms with Gasteiger partial charge in [0.25, 0.3) is 0 Å². The van der Waals surface area contributed by atoms with Crippen molar-refractivity contribution in [1.29, 1.82) is 0 Å². The number of carbonyl (C=O) groups is 1. The van der Waals surface area contributed by atoms with Crippen LogP contribution in [0.25, 0.3) is 0 Å². The number of hydrogen-bond acceptors (Lipinski definition) is 2. The van der Waals surface area contributed by atoms with Gasteiger partial charge >= 0.3 is 51.4 Å². The third-order valence-electron chi connectivity index (χ3n) is 0.965. The Morgan fingerprint density at radius 1 is 1.40 bits per heavy atom. The topological polar surface area (TPSA) is 37.3 Å². The molecule has 3 heteroatoms. The van der Waals surface area contributed by atoms with Crippen molar-refractivity contribution in [3.8, 4) is 0 Å². The molecule has 0 aliphatic carbocycles. The molecular formula is C7H13KO2. The normalized spacial score (nSPS) is 11.1. The quantitative estimate of drug-likeness (QED) is 0.360. The third-order valence-corrected chi connectivity index (χ3v) is 0.965. The summed E-state index contributed by atoms with van der Waals surface area (Å²) in [6.45, 7) is 5.40. The fourth-order valence-corrected chi connectivity index (χ4v) is 0.318. The molecule has 0 aromatic heterocycles. The van der Waals surface area contributed by atoms with Crippen LogP contribution in [0, 0.1) is 5.41 Å². The first kappa shape index (κ1) is 13.4. The molecule has 0 radical (unpaired) electrons. The number of aliphatic hydroxyl groups is 1. The van der Waals surface area contributed by atoms with Gasteiger partial charge in [0, 0.05) is 11.5 Å². The van der Waals surface area contributed by atoms with Crippen molar-refractivity contribution in [2.75, 3.05) is 0 Å². The first-order chi connectivity index (χ1) is 3.98. The Balaban J connectivity index is 0. The number of carbonyl (C=O) groups excluding carboxylic acids is 1. The zero-order chi connectivity index (χ0) is 7.49. The number of hydrogen-bond donors (Lipinski definition) is 1. The minimum absolute atomic E-state index is 0. The van der Waals surface area contributed by atoms with E-state index in [-0.39, 0.29) is 62.6 Å². The van der Waals surface area contributed by atoms with Crippen molar-refractivity contribution in [2.45, 2.75) is 20.8 Å². The molecule has 0 heterocycles. The van der Waals surface area contributed by atoms with E-state index in [2.05, 4.69) is 0 Å². The molecule has 2 nitrogen and oxygen atoms in total. The van der Waals surface area contributed by atoms with Gasteiger partial charge in [-0.2, -0.15) is 0 Å². The average molecular weight is 168 g/mol. The van der Waals surface area contributed by atoms with Crippen molar-refractivity contribution >= 4 is 57.2 Å². The fourth-order valence-electron chi connectivity index (χ4n) is 0.318. The summed E-state index contributed by atoms with van der Waals surface area (Å²) in [6, 6.07) is 0. The third kappa shape index (κ3) is 5.62. The molecule has 0 fully saturated rings. The van der Waals surface area contributed by atoms with Gasteiger partial charge in [0.2, 0.25) is 0 Å². The number of allylic oxidation sites excluding steroid dienone is 1. The molecule has 0 aliphatic rings. The van der Waals surface area contributed by atoms with E-state index in [1.54, 1.807) is 20.8 Å². The van der Waals surface area contributed by atoms with Gasteiger partial charge in [-0.1, -0.05) is 20.8 Å². The Bertz CT molecular complexity index is 133. The molecule has 0 amide bonds. The van der Waals surface area contributed by atoms with Crippen LogP contribution in [0.3, 0.4) is 0 Å². The summed E-state index contributed by atoms with van der Waals surface area (Å²) in [7, 11) is 0. The van der Waals surface area contributed by atoms with Crippen LogP contribution >= 0.6 is 0 Å². The van der Waals surface area contributed by atoms with Crippen LogP contribution in [-0.4, -0.2) is 62.3 Å². The van der Waals surface area contributed by atoms with Crippen LogP contribution in [0.2, 0.25) is 0 Å². The first-order valence-electron chi connectivity index (χ1n) is 2.83. The molecule has 10 heavy (non-hydrogen) atoms. The summed E-state index contributed by atoms with van der Waals surface area (Å²) in [5.74, 6) is -0.0648. The van der Waals surface area contributed by atoms with Gasteiger partial charge in [-0.05, 0) is 0 Å². The molecule has 0 unspecified atom stereocenters. The van der Waals surface area contributed by atoms with E-state index >= 15 is 0 Å². The first-order valence-corrected chi connectivity index (χ1v) is 2.83. The van der Waals surface area contributed by atoms with Gasteiger partial charge in [-0.25, -0.2) is 0 Å². The van der Waals surface area contributed by atoms with E-state index in [1.807, 2.05) is 0 Å². The maximum absolute atomic E-state index is 10.8. The summed E-state index contributed by atoms with van der Waals surface area (Å²) in [5.41, 5.74) is -0.376. The summed E-state index contributed by atoms with van der Waals surface area (Å²) in [4.78, 5) is 10.8. The molecule has 0 saturated carbocycles. The Kier molecular flexibility index (Phi) is 7.38. The fraction of sp³-hybridized carbons (Fsp3) is 0.571.